The topological polar surface area (TPSA) is 18.5 Å². The molecule has 0 N–H and O–H groups in total. The van der Waals surface area contributed by atoms with Crippen LogP contribution in [0.3, 0.4) is 0 Å². The number of hydrogen-bond acceptors (Lipinski definition) is 2. The fourth-order valence-electron chi connectivity index (χ4n) is 2.86. The van der Waals surface area contributed by atoms with E-state index < -0.39 is 0 Å². The molecule has 0 radical (unpaired) electrons. The van der Waals surface area contributed by atoms with Crippen LogP contribution in [-0.2, 0) is 9.31 Å². The Morgan fingerprint density at radius 2 is 1.48 bits per heavy atom. The molecule has 0 unspecified atom stereocenters. The highest BCUT2D eigenvalue weighted by Crippen LogP contribution is 2.37. The molecule has 2 aromatic rings. The van der Waals surface area contributed by atoms with Crippen LogP contribution in [0.25, 0.3) is 10.8 Å². The van der Waals surface area contributed by atoms with Gasteiger partial charge in [-0.1, -0.05) is 41.5 Å². The summed E-state index contributed by atoms with van der Waals surface area (Å²) in [6, 6.07) is 10.9. The standard InChI is InChI=1S/C18H23BO2/c1-12-7-10-15-14(11-12)9-8-13(2)16(15)19-20-17(3,4)18(5,6)21-19/h7-11H,1-6H3. The molecule has 0 bridgehead atoms. The van der Waals surface area contributed by atoms with E-state index in [1.165, 1.54) is 21.9 Å². The minimum absolute atomic E-state index is 0.304. The van der Waals surface area contributed by atoms with Gasteiger partial charge in [0, 0.05) is 0 Å². The van der Waals surface area contributed by atoms with Crippen molar-refractivity contribution in [2.24, 2.45) is 0 Å². The molecule has 1 aliphatic rings. The maximum absolute atomic E-state index is 6.25. The summed E-state index contributed by atoms with van der Waals surface area (Å²) in [5.74, 6) is 0. The average Bonchev–Trinajstić information content (AvgIpc) is 2.58. The number of hydrogen-bond donors (Lipinski definition) is 0. The second-order valence-corrected chi connectivity index (χ2v) is 7.11. The lowest BCUT2D eigenvalue weighted by Crippen LogP contribution is -2.41. The zero-order valence-corrected chi connectivity index (χ0v) is 13.8. The van der Waals surface area contributed by atoms with Gasteiger partial charge in [0.15, 0.2) is 0 Å². The van der Waals surface area contributed by atoms with E-state index in [9.17, 15) is 0 Å². The fourth-order valence-corrected chi connectivity index (χ4v) is 2.86. The van der Waals surface area contributed by atoms with Gasteiger partial charge in [-0.2, -0.15) is 0 Å². The molecule has 1 heterocycles. The summed E-state index contributed by atoms with van der Waals surface area (Å²) in [6.07, 6.45) is 0. The van der Waals surface area contributed by atoms with Crippen LogP contribution in [0.15, 0.2) is 30.3 Å². The van der Waals surface area contributed by atoms with Gasteiger partial charge in [0.25, 0.3) is 0 Å². The molecule has 3 heteroatoms. The van der Waals surface area contributed by atoms with Gasteiger partial charge in [-0.3, -0.25) is 0 Å². The van der Waals surface area contributed by atoms with Crippen molar-refractivity contribution in [1.29, 1.82) is 0 Å². The molecular formula is C18H23BO2. The Balaban J connectivity index is 2.15. The van der Waals surface area contributed by atoms with Gasteiger partial charge in [-0.15, -0.1) is 0 Å². The molecule has 0 aromatic heterocycles. The fraction of sp³-hybridized carbons (Fsp3) is 0.444. The second-order valence-electron chi connectivity index (χ2n) is 7.11. The zero-order valence-electron chi connectivity index (χ0n) is 13.8. The third kappa shape index (κ3) is 2.29. The predicted octanol–water partition coefficient (Wildman–Crippen LogP) is 3.76. The van der Waals surface area contributed by atoms with E-state index in [2.05, 4.69) is 71.9 Å². The Morgan fingerprint density at radius 1 is 0.857 bits per heavy atom. The minimum atomic E-state index is -0.309. The lowest BCUT2D eigenvalue weighted by Gasteiger charge is -2.32. The maximum atomic E-state index is 6.25. The van der Waals surface area contributed by atoms with Crippen LogP contribution in [0, 0.1) is 13.8 Å². The van der Waals surface area contributed by atoms with E-state index in [1.807, 2.05) is 0 Å². The first kappa shape index (κ1) is 14.6. The van der Waals surface area contributed by atoms with Gasteiger partial charge >= 0.3 is 7.12 Å². The number of rotatable bonds is 1. The summed E-state index contributed by atoms with van der Waals surface area (Å²) in [5.41, 5.74) is 3.02. The summed E-state index contributed by atoms with van der Waals surface area (Å²) in [6.45, 7) is 12.6. The third-order valence-corrected chi connectivity index (χ3v) is 4.92. The molecule has 1 fully saturated rings. The van der Waals surface area contributed by atoms with Crippen molar-refractivity contribution in [2.45, 2.75) is 52.7 Å². The highest BCUT2D eigenvalue weighted by molar-refractivity contribution is 6.65. The Labute approximate surface area is 127 Å². The van der Waals surface area contributed by atoms with Crippen LogP contribution in [0.5, 0.6) is 0 Å². The second kappa shape index (κ2) is 4.59. The normalized spacial score (nSPS) is 20.2. The molecular weight excluding hydrogens is 259 g/mol. The van der Waals surface area contributed by atoms with Crippen LogP contribution in [0.1, 0.15) is 38.8 Å². The summed E-state index contributed by atoms with van der Waals surface area (Å²) >= 11 is 0. The Bertz CT molecular complexity index is 688. The Morgan fingerprint density at radius 3 is 2.10 bits per heavy atom. The van der Waals surface area contributed by atoms with Crippen LogP contribution < -0.4 is 5.46 Å². The van der Waals surface area contributed by atoms with Crippen molar-refractivity contribution in [3.8, 4) is 0 Å². The minimum Gasteiger partial charge on any atom is -0.399 e. The van der Waals surface area contributed by atoms with Crippen molar-refractivity contribution in [1.82, 2.24) is 0 Å². The lowest BCUT2D eigenvalue weighted by atomic mass is 9.73. The van der Waals surface area contributed by atoms with Crippen molar-refractivity contribution < 1.29 is 9.31 Å². The quantitative estimate of drug-likeness (QED) is 0.741. The summed E-state index contributed by atoms with van der Waals surface area (Å²) in [5, 5.41) is 2.46. The zero-order chi connectivity index (χ0) is 15.4. The monoisotopic (exact) mass is 282 g/mol. The highest BCUT2D eigenvalue weighted by atomic mass is 16.7. The first-order valence-electron chi connectivity index (χ1n) is 7.57. The molecule has 1 saturated heterocycles. The van der Waals surface area contributed by atoms with Crippen molar-refractivity contribution in [3.63, 3.8) is 0 Å². The molecule has 0 spiro atoms. The summed E-state index contributed by atoms with van der Waals surface area (Å²) < 4.78 is 12.5. The summed E-state index contributed by atoms with van der Waals surface area (Å²) in [4.78, 5) is 0. The molecule has 0 aliphatic carbocycles. The molecule has 3 rings (SSSR count). The molecule has 2 aromatic carbocycles. The van der Waals surface area contributed by atoms with E-state index in [0.29, 0.717) is 0 Å². The summed E-state index contributed by atoms with van der Waals surface area (Å²) in [7, 11) is -0.304. The van der Waals surface area contributed by atoms with Crippen LogP contribution in [0.4, 0.5) is 0 Å². The van der Waals surface area contributed by atoms with Gasteiger partial charge in [0.1, 0.15) is 0 Å². The van der Waals surface area contributed by atoms with Gasteiger partial charge in [-0.25, -0.2) is 0 Å². The predicted molar refractivity (Wildman–Crippen MR) is 89.1 cm³/mol. The number of benzene rings is 2. The SMILES string of the molecule is Cc1ccc2c(B3OC(C)(C)C(C)(C)O3)c(C)ccc2c1. The number of aryl methyl sites for hydroxylation is 2. The smallest absolute Gasteiger partial charge is 0.399 e. The molecule has 2 nitrogen and oxygen atoms in total. The van der Waals surface area contributed by atoms with E-state index in [4.69, 9.17) is 9.31 Å². The maximum Gasteiger partial charge on any atom is 0.495 e. The molecule has 1 aliphatic heterocycles. The van der Waals surface area contributed by atoms with Crippen LogP contribution >= 0.6 is 0 Å². The van der Waals surface area contributed by atoms with E-state index in [0.717, 1.165) is 5.46 Å². The molecule has 0 amide bonds. The Kier molecular flexibility index (Phi) is 3.19. The molecule has 0 atom stereocenters. The van der Waals surface area contributed by atoms with E-state index in [-0.39, 0.29) is 18.3 Å². The third-order valence-electron chi connectivity index (χ3n) is 4.92. The van der Waals surface area contributed by atoms with E-state index in [1.54, 1.807) is 0 Å². The van der Waals surface area contributed by atoms with Gasteiger partial charge in [0.05, 0.1) is 11.2 Å². The largest absolute Gasteiger partial charge is 0.495 e. The molecule has 21 heavy (non-hydrogen) atoms. The van der Waals surface area contributed by atoms with Crippen LogP contribution in [-0.4, -0.2) is 18.3 Å². The first-order valence-corrected chi connectivity index (χ1v) is 7.57. The van der Waals surface area contributed by atoms with Gasteiger partial charge < -0.3 is 9.31 Å². The lowest BCUT2D eigenvalue weighted by molar-refractivity contribution is 0.00578. The van der Waals surface area contributed by atoms with Crippen LogP contribution in [0.2, 0.25) is 0 Å². The van der Waals surface area contributed by atoms with Crippen molar-refractivity contribution >= 4 is 23.4 Å². The van der Waals surface area contributed by atoms with Gasteiger partial charge in [0.2, 0.25) is 0 Å². The van der Waals surface area contributed by atoms with Gasteiger partial charge in [-0.05, 0) is 57.8 Å². The molecule has 110 valence electrons. The highest BCUT2D eigenvalue weighted by Gasteiger charge is 2.52. The Hall–Kier alpha value is -1.32. The van der Waals surface area contributed by atoms with E-state index >= 15 is 0 Å². The molecule has 0 saturated carbocycles. The average molecular weight is 282 g/mol. The van der Waals surface area contributed by atoms with Crippen molar-refractivity contribution in [3.05, 3.63) is 41.5 Å². The van der Waals surface area contributed by atoms with Crippen molar-refractivity contribution in [2.75, 3.05) is 0 Å². The number of fused-ring (bicyclic) bond motifs is 1. The first-order chi connectivity index (χ1) is 9.71.